The molecule has 0 bridgehead atoms. The molecule has 0 heterocycles. The maximum Gasteiger partial charge on any atom is 0.242 e. The van der Waals surface area contributed by atoms with Gasteiger partial charge in [-0.2, -0.15) is 0 Å². The number of carbonyl (C=O) groups is 3. The second-order valence-electron chi connectivity index (χ2n) is 5.93. The largest absolute Gasteiger partial charge is 0.494 e. The number of ether oxygens (including phenoxy) is 1. The molecule has 7 heteroatoms. The summed E-state index contributed by atoms with van der Waals surface area (Å²) in [5.74, 6) is 0.0236. The van der Waals surface area contributed by atoms with Crippen LogP contribution in [0.3, 0.4) is 0 Å². The van der Waals surface area contributed by atoms with Crippen LogP contribution in [0.5, 0.6) is 5.75 Å². The molecule has 0 saturated heterocycles. The zero-order chi connectivity index (χ0) is 19.6. The number of rotatable bonds is 8. The van der Waals surface area contributed by atoms with Crippen LogP contribution in [0, 0.1) is 0 Å². The first-order valence-corrected chi connectivity index (χ1v) is 8.88. The summed E-state index contributed by atoms with van der Waals surface area (Å²) in [5, 5.41) is 0.601. The van der Waals surface area contributed by atoms with Gasteiger partial charge >= 0.3 is 0 Å². The standard InChI is InChI=1S/C20H21ClN2O4/c1-14(24)16-6-10-18(11-7-16)27-12-2-3-19(25)22-23-20(26)13-15-4-8-17(21)9-5-15/h4-11H,2-3,12-13H2,1H3,(H,22,25)(H,23,26). The SMILES string of the molecule is CC(=O)c1ccc(OCCCC(=O)NNC(=O)Cc2ccc(Cl)cc2)cc1. The van der Waals surface area contributed by atoms with E-state index in [2.05, 4.69) is 10.9 Å². The maximum absolute atomic E-state index is 11.8. The van der Waals surface area contributed by atoms with E-state index in [1.165, 1.54) is 6.92 Å². The van der Waals surface area contributed by atoms with Gasteiger partial charge < -0.3 is 4.74 Å². The molecule has 2 amide bonds. The number of halogens is 1. The number of amides is 2. The highest BCUT2D eigenvalue weighted by Gasteiger charge is 2.06. The fraction of sp³-hybridized carbons (Fsp3) is 0.250. The van der Waals surface area contributed by atoms with Crippen LogP contribution >= 0.6 is 11.6 Å². The number of hydrazine groups is 1. The molecule has 27 heavy (non-hydrogen) atoms. The minimum Gasteiger partial charge on any atom is -0.494 e. The summed E-state index contributed by atoms with van der Waals surface area (Å²) in [5.41, 5.74) is 6.17. The normalized spacial score (nSPS) is 10.1. The van der Waals surface area contributed by atoms with E-state index >= 15 is 0 Å². The Bertz CT molecular complexity index is 789. The van der Waals surface area contributed by atoms with Gasteiger partial charge in [0.05, 0.1) is 13.0 Å². The Morgan fingerprint density at radius 3 is 2.19 bits per heavy atom. The van der Waals surface area contributed by atoms with Crippen LogP contribution in [-0.2, 0) is 16.0 Å². The molecule has 6 nitrogen and oxygen atoms in total. The number of ketones is 1. The molecule has 0 fully saturated rings. The molecule has 0 aliphatic heterocycles. The van der Waals surface area contributed by atoms with Crippen LogP contribution in [0.1, 0.15) is 35.7 Å². The Labute approximate surface area is 162 Å². The second kappa shape index (κ2) is 10.3. The lowest BCUT2D eigenvalue weighted by Crippen LogP contribution is -2.42. The minimum absolute atomic E-state index is 0.00340. The van der Waals surface area contributed by atoms with Crippen molar-refractivity contribution < 1.29 is 19.1 Å². The molecule has 2 N–H and O–H groups in total. The Balaban J connectivity index is 1.61. The van der Waals surface area contributed by atoms with Gasteiger partial charge in [0.15, 0.2) is 5.78 Å². The number of hydrogen-bond acceptors (Lipinski definition) is 4. The van der Waals surface area contributed by atoms with Gasteiger partial charge in [0, 0.05) is 17.0 Å². The van der Waals surface area contributed by atoms with Gasteiger partial charge in [0.2, 0.25) is 11.8 Å². The van der Waals surface area contributed by atoms with Crippen LogP contribution < -0.4 is 15.6 Å². The Kier molecular flexibility index (Phi) is 7.82. The molecule has 0 radical (unpaired) electrons. The molecule has 0 aliphatic carbocycles. The third-order valence-corrected chi connectivity index (χ3v) is 3.95. The van der Waals surface area contributed by atoms with Gasteiger partial charge in [-0.25, -0.2) is 0 Å². The van der Waals surface area contributed by atoms with Crippen LogP contribution in [0.25, 0.3) is 0 Å². The molecule has 0 unspecified atom stereocenters. The van der Waals surface area contributed by atoms with E-state index in [1.807, 2.05) is 0 Å². The molecular weight excluding hydrogens is 368 g/mol. The monoisotopic (exact) mass is 388 g/mol. The molecule has 0 spiro atoms. The smallest absolute Gasteiger partial charge is 0.242 e. The van der Waals surface area contributed by atoms with E-state index in [9.17, 15) is 14.4 Å². The number of carbonyl (C=O) groups excluding carboxylic acids is 3. The van der Waals surface area contributed by atoms with E-state index in [0.717, 1.165) is 5.56 Å². The van der Waals surface area contributed by atoms with Crippen molar-refractivity contribution in [2.75, 3.05) is 6.61 Å². The predicted octanol–water partition coefficient (Wildman–Crippen LogP) is 3.09. The highest BCUT2D eigenvalue weighted by Crippen LogP contribution is 2.13. The lowest BCUT2D eigenvalue weighted by molar-refractivity contribution is -0.128. The van der Waals surface area contributed by atoms with Gasteiger partial charge in [-0.3, -0.25) is 25.2 Å². The third-order valence-electron chi connectivity index (χ3n) is 3.70. The van der Waals surface area contributed by atoms with E-state index in [1.54, 1.807) is 48.5 Å². The summed E-state index contributed by atoms with van der Waals surface area (Å²) < 4.78 is 5.52. The summed E-state index contributed by atoms with van der Waals surface area (Å²) in [4.78, 5) is 34.7. The molecule has 0 aliphatic rings. The first-order valence-electron chi connectivity index (χ1n) is 8.50. The maximum atomic E-state index is 11.8. The van der Waals surface area contributed by atoms with Crippen LogP contribution in [0.15, 0.2) is 48.5 Å². The summed E-state index contributed by atoms with van der Waals surface area (Å²) in [7, 11) is 0. The number of nitrogens with one attached hydrogen (secondary N) is 2. The molecule has 2 aromatic rings. The van der Waals surface area contributed by atoms with Crippen molar-refractivity contribution in [3.63, 3.8) is 0 Å². The van der Waals surface area contributed by atoms with Gasteiger partial charge in [0.25, 0.3) is 0 Å². The van der Waals surface area contributed by atoms with Crippen molar-refractivity contribution in [2.45, 2.75) is 26.2 Å². The molecule has 0 aromatic heterocycles. The highest BCUT2D eigenvalue weighted by molar-refractivity contribution is 6.30. The summed E-state index contributed by atoms with van der Waals surface area (Å²) in [6.07, 6.45) is 0.858. The van der Waals surface area contributed by atoms with Crippen LogP contribution in [0.4, 0.5) is 0 Å². The first-order chi connectivity index (χ1) is 12.9. The Morgan fingerprint density at radius 1 is 0.926 bits per heavy atom. The lowest BCUT2D eigenvalue weighted by Gasteiger charge is -2.09. The molecule has 0 atom stereocenters. The minimum atomic E-state index is -0.313. The zero-order valence-electron chi connectivity index (χ0n) is 15.0. The number of hydrogen-bond donors (Lipinski definition) is 2. The number of Topliss-reactive ketones (excluding diaryl/α,β-unsaturated/α-hetero) is 1. The van der Waals surface area contributed by atoms with Crippen molar-refractivity contribution >= 4 is 29.2 Å². The van der Waals surface area contributed by atoms with E-state index in [-0.39, 0.29) is 30.4 Å². The van der Waals surface area contributed by atoms with Crippen LogP contribution in [-0.4, -0.2) is 24.2 Å². The zero-order valence-corrected chi connectivity index (χ0v) is 15.7. The Morgan fingerprint density at radius 2 is 1.56 bits per heavy atom. The molecular formula is C20H21ClN2O4. The van der Waals surface area contributed by atoms with Crippen molar-refractivity contribution in [2.24, 2.45) is 0 Å². The van der Waals surface area contributed by atoms with Crippen molar-refractivity contribution in [1.82, 2.24) is 10.9 Å². The van der Waals surface area contributed by atoms with Crippen LogP contribution in [0.2, 0.25) is 5.02 Å². The van der Waals surface area contributed by atoms with E-state index in [4.69, 9.17) is 16.3 Å². The molecule has 142 valence electrons. The topological polar surface area (TPSA) is 84.5 Å². The summed E-state index contributed by atoms with van der Waals surface area (Å²) in [6, 6.07) is 13.7. The average Bonchev–Trinajstić information content (AvgIpc) is 2.66. The second-order valence-corrected chi connectivity index (χ2v) is 6.37. The molecule has 0 saturated carbocycles. The van der Waals surface area contributed by atoms with Gasteiger partial charge in [0.1, 0.15) is 5.75 Å². The summed E-state index contributed by atoms with van der Waals surface area (Å²) >= 11 is 5.79. The third kappa shape index (κ3) is 7.50. The average molecular weight is 389 g/mol. The van der Waals surface area contributed by atoms with E-state index < -0.39 is 0 Å². The van der Waals surface area contributed by atoms with Gasteiger partial charge in [-0.1, -0.05) is 23.7 Å². The summed E-state index contributed by atoms with van der Waals surface area (Å²) in [6.45, 7) is 1.86. The van der Waals surface area contributed by atoms with Crippen molar-refractivity contribution in [3.8, 4) is 5.75 Å². The lowest BCUT2D eigenvalue weighted by atomic mass is 10.1. The fourth-order valence-electron chi connectivity index (χ4n) is 2.24. The van der Waals surface area contributed by atoms with Gasteiger partial charge in [-0.05, 0) is 55.3 Å². The quantitative estimate of drug-likeness (QED) is 0.413. The van der Waals surface area contributed by atoms with Gasteiger partial charge in [-0.15, -0.1) is 0 Å². The molecule has 2 aromatic carbocycles. The van der Waals surface area contributed by atoms with Crippen molar-refractivity contribution in [1.29, 1.82) is 0 Å². The highest BCUT2D eigenvalue weighted by atomic mass is 35.5. The fourth-order valence-corrected chi connectivity index (χ4v) is 2.37. The first kappa shape index (κ1) is 20.5. The van der Waals surface area contributed by atoms with E-state index in [0.29, 0.717) is 29.4 Å². The molecule has 2 rings (SSSR count). The number of benzene rings is 2. The Hall–Kier alpha value is -2.86. The predicted molar refractivity (Wildman–Crippen MR) is 103 cm³/mol. The van der Waals surface area contributed by atoms with Crippen molar-refractivity contribution in [3.05, 3.63) is 64.7 Å².